The summed E-state index contributed by atoms with van der Waals surface area (Å²) >= 11 is 0. The van der Waals surface area contributed by atoms with E-state index in [0.29, 0.717) is 6.16 Å². The predicted molar refractivity (Wildman–Crippen MR) is 45.7 cm³/mol. The molecule has 11 heavy (non-hydrogen) atoms. The minimum absolute atomic E-state index is 0.170. The second kappa shape index (κ2) is 2.37. The third kappa shape index (κ3) is 1.50. The summed E-state index contributed by atoms with van der Waals surface area (Å²) in [6.45, 7) is 3.82. The van der Waals surface area contributed by atoms with E-state index in [1.54, 1.807) is 0 Å². The van der Waals surface area contributed by atoms with Gasteiger partial charge in [0.1, 0.15) is 0 Å². The average Bonchev–Trinajstić information content (AvgIpc) is 2.03. The Bertz CT molecular complexity index is 253. The SMILES string of the molecule is C#CC1(C)CP(=O)(O)CC1C. The number of hydrogen-bond acceptors (Lipinski definition) is 1. The van der Waals surface area contributed by atoms with Gasteiger partial charge >= 0.3 is 0 Å². The summed E-state index contributed by atoms with van der Waals surface area (Å²) in [6, 6.07) is 0. The summed E-state index contributed by atoms with van der Waals surface area (Å²) in [7, 11) is -2.88. The highest BCUT2D eigenvalue weighted by molar-refractivity contribution is 7.58. The van der Waals surface area contributed by atoms with Gasteiger partial charge in [0.25, 0.3) is 0 Å². The van der Waals surface area contributed by atoms with Crippen molar-refractivity contribution in [2.24, 2.45) is 11.3 Å². The summed E-state index contributed by atoms with van der Waals surface area (Å²) in [5, 5.41) is 0. The fourth-order valence-corrected chi connectivity index (χ4v) is 4.37. The van der Waals surface area contributed by atoms with Crippen molar-refractivity contribution >= 4 is 7.37 Å². The summed E-state index contributed by atoms with van der Waals surface area (Å²) in [4.78, 5) is 9.29. The molecular weight excluding hydrogens is 159 g/mol. The van der Waals surface area contributed by atoms with E-state index in [4.69, 9.17) is 6.42 Å². The highest BCUT2D eigenvalue weighted by Crippen LogP contribution is 2.57. The first-order chi connectivity index (χ1) is 4.90. The van der Waals surface area contributed by atoms with Crippen LogP contribution in [0.3, 0.4) is 0 Å². The first kappa shape index (κ1) is 8.84. The Balaban J connectivity index is 2.93. The van der Waals surface area contributed by atoms with Gasteiger partial charge in [-0.05, 0) is 12.8 Å². The molecule has 0 saturated carbocycles. The molecule has 1 saturated heterocycles. The molecule has 0 aliphatic carbocycles. The van der Waals surface area contributed by atoms with Crippen LogP contribution in [0.25, 0.3) is 0 Å². The monoisotopic (exact) mass is 172 g/mol. The molecule has 0 aromatic rings. The summed E-state index contributed by atoms with van der Waals surface area (Å²) in [5.41, 5.74) is -0.357. The van der Waals surface area contributed by atoms with E-state index in [1.165, 1.54) is 0 Å². The topological polar surface area (TPSA) is 37.3 Å². The molecule has 0 aromatic heterocycles. The zero-order chi connectivity index (χ0) is 8.70. The van der Waals surface area contributed by atoms with Crippen LogP contribution in [-0.4, -0.2) is 17.2 Å². The van der Waals surface area contributed by atoms with E-state index < -0.39 is 7.37 Å². The highest BCUT2D eigenvalue weighted by atomic mass is 31.2. The van der Waals surface area contributed by atoms with E-state index in [2.05, 4.69) is 5.92 Å². The van der Waals surface area contributed by atoms with Crippen LogP contribution < -0.4 is 0 Å². The van der Waals surface area contributed by atoms with Crippen molar-refractivity contribution in [2.75, 3.05) is 12.3 Å². The van der Waals surface area contributed by atoms with Gasteiger partial charge in [-0.15, -0.1) is 6.42 Å². The number of terminal acetylenes is 1. The van der Waals surface area contributed by atoms with Gasteiger partial charge < -0.3 is 4.89 Å². The lowest BCUT2D eigenvalue weighted by Gasteiger charge is -2.20. The summed E-state index contributed by atoms with van der Waals surface area (Å²) < 4.78 is 11.3. The molecule has 3 unspecified atom stereocenters. The molecule has 0 bridgehead atoms. The van der Waals surface area contributed by atoms with Crippen molar-refractivity contribution < 1.29 is 9.46 Å². The molecule has 2 nitrogen and oxygen atoms in total. The minimum atomic E-state index is -2.88. The zero-order valence-corrected chi connectivity index (χ0v) is 7.77. The Labute approximate surface area is 67.5 Å². The number of rotatable bonds is 0. The lowest BCUT2D eigenvalue weighted by atomic mass is 9.82. The van der Waals surface area contributed by atoms with Gasteiger partial charge in [0.15, 0.2) is 0 Å². The highest BCUT2D eigenvalue weighted by Gasteiger charge is 2.45. The maximum absolute atomic E-state index is 11.3. The predicted octanol–water partition coefficient (Wildman–Crippen LogP) is 1.55. The van der Waals surface area contributed by atoms with Gasteiger partial charge in [-0.2, -0.15) is 0 Å². The smallest absolute Gasteiger partial charge is 0.202 e. The molecule has 0 aromatic carbocycles. The molecule has 1 rings (SSSR count). The Hall–Kier alpha value is -0.250. The molecule has 3 atom stereocenters. The normalized spacial score (nSPS) is 50.5. The Morgan fingerprint density at radius 3 is 2.55 bits per heavy atom. The fourth-order valence-electron chi connectivity index (χ4n) is 1.55. The second-order valence-corrected chi connectivity index (χ2v) is 6.02. The van der Waals surface area contributed by atoms with Gasteiger partial charge in [0, 0.05) is 17.7 Å². The molecule has 1 N–H and O–H groups in total. The van der Waals surface area contributed by atoms with Crippen molar-refractivity contribution in [2.45, 2.75) is 13.8 Å². The van der Waals surface area contributed by atoms with E-state index in [-0.39, 0.29) is 17.5 Å². The molecule has 1 aliphatic heterocycles. The van der Waals surface area contributed by atoms with Gasteiger partial charge in [-0.1, -0.05) is 12.8 Å². The molecule has 0 amide bonds. The van der Waals surface area contributed by atoms with Gasteiger partial charge in [-0.3, -0.25) is 4.57 Å². The molecule has 1 fully saturated rings. The van der Waals surface area contributed by atoms with Gasteiger partial charge in [-0.25, -0.2) is 0 Å². The molecule has 1 heterocycles. The standard InChI is InChI=1S/C8H13O2P/c1-4-8(3)6-11(9,10)5-7(8)2/h1,7H,5-6H2,2-3H3,(H,9,10). The third-order valence-electron chi connectivity index (χ3n) is 2.55. The quantitative estimate of drug-likeness (QED) is 0.444. The first-order valence-electron chi connectivity index (χ1n) is 3.68. The van der Waals surface area contributed by atoms with Crippen molar-refractivity contribution in [3.05, 3.63) is 0 Å². The van der Waals surface area contributed by atoms with Crippen molar-refractivity contribution in [1.82, 2.24) is 0 Å². The van der Waals surface area contributed by atoms with Crippen LogP contribution in [0.15, 0.2) is 0 Å². The third-order valence-corrected chi connectivity index (χ3v) is 4.82. The minimum Gasteiger partial charge on any atom is -0.344 e. The van der Waals surface area contributed by atoms with E-state index in [9.17, 15) is 9.46 Å². The lowest BCUT2D eigenvalue weighted by molar-refractivity contribution is 0.383. The molecule has 0 spiro atoms. The van der Waals surface area contributed by atoms with Gasteiger partial charge in [0.2, 0.25) is 7.37 Å². The first-order valence-corrected chi connectivity index (χ1v) is 5.71. The summed E-state index contributed by atoms with van der Waals surface area (Å²) in [5.74, 6) is 2.78. The van der Waals surface area contributed by atoms with Crippen molar-refractivity contribution in [3.63, 3.8) is 0 Å². The maximum atomic E-state index is 11.3. The van der Waals surface area contributed by atoms with E-state index in [0.717, 1.165) is 0 Å². The molecule has 0 radical (unpaired) electrons. The molecule has 1 aliphatic rings. The second-order valence-electron chi connectivity index (χ2n) is 3.65. The van der Waals surface area contributed by atoms with E-state index >= 15 is 0 Å². The Morgan fingerprint density at radius 2 is 2.36 bits per heavy atom. The number of hydrogen-bond donors (Lipinski definition) is 1. The molecular formula is C8H13O2P. The van der Waals surface area contributed by atoms with Crippen LogP contribution >= 0.6 is 7.37 Å². The molecule has 62 valence electrons. The van der Waals surface area contributed by atoms with Gasteiger partial charge in [0.05, 0.1) is 0 Å². The van der Waals surface area contributed by atoms with Crippen LogP contribution in [0, 0.1) is 23.7 Å². The Kier molecular flexibility index (Phi) is 1.90. The lowest BCUT2D eigenvalue weighted by Crippen LogP contribution is -2.20. The zero-order valence-electron chi connectivity index (χ0n) is 6.87. The average molecular weight is 172 g/mol. The maximum Gasteiger partial charge on any atom is 0.202 e. The van der Waals surface area contributed by atoms with Crippen LogP contribution in [0.2, 0.25) is 0 Å². The van der Waals surface area contributed by atoms with Crippen LogP contribution in [-0.2, 0) is 4.57 Å². The van der Waals surface area contributed by atoms with Crippen LogP contribution in [0.1, 0.15) is 13.8 Å². The Morgan fingerprint density at radius 1 is 1.82 bits per heavy atom. The van der Waals surface area contributed by atoms with E-state index in [1.807, 2.05) is 13.8 Å². The van der Waals surface area contributed by atoms with Crippen LogP contribution in [0.5, 0.6) is 0 Å². The fraction of sp³-hybridized carbons (Fsp3) is 0.750. The van der Waals surface area contributed by atoms with Crippen LogP contribution in [0.4, 0.5) is 0 Å². The largest absolute Gasteiger partial charge is 0.344 e. The summed E-state index contributed by atoms with van der Waals surface area (Å²) in [6.07, 6.45) is 5.97. The molecule has 3 heteroatoms. The van der Waals surface area contributed by atoms with Crippen molar-refractivity contribution in [3.8, 4) is 12.3 Å². The van der Waals surface area contributed by atoms with Crippen molar-refractivity contribution in [1.29, 1.82) is 0 Å².